The summed E-state index contributed by atoms with van der Waals surface area (Å²) in [4.78, 5) is 4.80. The lowest BCUT2D eigenvalue weighted by Crippen LogP contribution is -2.19. The van der Waals surface area contributed by atoms with E-state index in [1.54, 1.807) is 0 Å². The van der Waals surface area contributed by atoms with Crippen molar-refractivity contribution < 1.29 is 0 Å². The third-order valence-electron chi connectivity index (χ3n) is 4.88. The minimum Gasteiger partial charge on any atom is -0.367 e. The number of hydrogen-bond donors (Lipinski definition) is 1. The topological polar surface area (TPSA) is 42.2 Å². The molecule has 0 fully saturated rings. The standard InChI is InChI=1S/C21H28N4/c1-7-17(8-2)24-19-11-16(6)23-21-18(12-22-25(19)21)20-14(4)9-13(3)10-15(20)5/h9-12,17,24H,7-8H2,1-6H3. The molecule has 25 heavy (non-hydrogen) atoms. The van der Waals surface area contributed by atoms with Crippen LogP contribution in [0.3, 0.4) is 0 Å². The Morgan fingerprint density at radius 1 is 1.00 bits per heavy atom. The molecular weight excluding hydrogens is 308 g/mol. The molecule has 2 heterocycles. The Kier molecular flexibility index (Phi) is 4.80. The molecule has 4 heteroatoms. The minimum atomic E-state index is 0.445. The highest BCUT2D eigenvalue weighted by Gasteiger charge is 2.16. The fourth-order valence-corrected chi connectivity index (χ4v) is 3.67. The molecule has 0 radical (unpaired) electrons. The highest BCUT2D eigenvalue weighted by Crippen LogP contribution is 2.32. The van der Waals surface area contributed by atoms with Gasteiger partial charge < -0.3 is 5.32 Å². The number of rotatable bonds is 5. The molecule has 0 unspecified atom stereocenters. The van der Waals surface area contributed by atoms with Gasteiger partial charge in [0.15, 0.2) is 5.65 Å². The molecule has 2 aromatic heterocycles. The zero-order valence-electron chi connectivity index (χ0n) is 16.1. The van der Waals surface area contributed by atoms with Crippen molar-refractivity contribution in [1.82, 2.24) is 14.6 Å². The second-order valence-corrected chi connectivity index (χ2v) is 7.01. The van der Waals surface area contributed by atoms with E-state index in [9.17, 15) is 0 Å². The van der Waals surface area contributed by atoms with Crippen molar-refractivity contribution in [2.75, 3.05) is 5.32 Å². The first-order valence-electron chi connectivity index (χ1n) is 9.14. The van der Waals surface area contributed by atoms with Crippen molar-refractivity contribution >= 4 is 11.5 Å². The summed E-state index contributed by atoms with van der Waals surface area (Å²) in [5, 5.41) is 8.28. The van der Waals surface area contributed by atoms with E-state index in [-0.39, 0.29) is 0 Å². The molecule has 1 aromatic carbocycles. The average molecular weight is 336 g/mol. The van der Waals surface area contributed by atoms with Gasteiger partial charge in [0.05, 0.1) is 6.20 Å². The highest BCUT2D eigenvalue weighted by molar-refractivity contribution is 5.82. The molecule has 0 saturated heterocycles. The summed E-state index contributed by atoms with van der Waals surface area (Å²) in [5.41, 5.74) is 8.10. The molecule has 0 aliphatic rings. The van der Waals surface area contributed by atoms with Crippen LogP contribution in [-0.4, -0.2) is 20.6 Å². The van der Waals surface area contributed by atoms with Crippen LogP contribution in [0.25, 0.3) is 16.8 Å². The monoisotopic (exact) mass is 336 g/mol. The van der Waals surface area contributed by atoms with Gasteiger partial charge in [0.2, 0.25) is 0 Å². The molecule has 0 amide bonds. The number of nitrogens with one attached hydrogen (secondary N) is 1. The summed E-state index contributed by atoms with van der Waals surface area (Å²) in [7, 11) is 0. The maximum atomic E-state index is 4.80. The van der Waals surface area contributed by atoms with Crippen molar-refractivity contribution in [2.24, 2.45) is 0 Å². The van der Waals surface area contributed by atoms with E-state index in [2.05, 4.69) is 63.2 Å². The van der Waals surface area contributed by atoms with Gasteiger partial charge in [0.1, 0.15) is 5.82 Å². The zero-order chi connectivity index (χ0) is 18.1. The van der Waals surface area contributed by atoms with E-state index < -0.39 is 0 Å². The van der Waals surface area contributed by atoms with Gasteiger partial charge in [-0.25, -0.2) is 4.98 Å². The van der Waals surface area contributed by atoms with Crippen LogP contribution in [0.15, 0.2) is 24.4 Å². The van der Waals surface area contributed by atoms with Gasteiger partial charge in [-0.3, -0.25) is 0 Å². The number of anilines is 1. The second-order valence-electron chi connectivity index (χ2n) is 7.01. The number of aryl methyl sites for hydroxylation is 4. The van der Waals surface area contributed by atoms with E-state index in [0.29, 0.717) is 6.04 Å². The zero-order valence-corrected chi connectivity index (χ0v) is 16.1. The fourth-order valence-electron chi connectivity index (χ4n) is 3.67. The molecule has 0 bridgehead atoms. The first-order valence-corrected chi connectivity index (χ1v) is 9.14. The van der Waals surface area contributed by atoms with Gasteiger partial charge in [-0.1, -0.05) is 31.5 Å². The Hall–Kier alpha value is -2.36. The molecule has 4 nitrogen and oxygen atoms in total. The molecule has 0 spiro atoms. The SMILES string of the molecule is CCC(CC)Nc1cc(C)nc2c(-c3c(C)cc(C)cc3C)cnn12. The fraction of sp³-hybridized carbons (Fsp3) is 0.429. The number of aromatic nitrogens is 3. The van der Waals surface area contributed by atoms with E-state index in [1.807, 2.05) is 17.6 Å². The van der Waals surface area contributed by atoms with Gasteiger partial charge in [-0.2, -0.15) is 9.61 Å². The molecule has 0 atom stereocenters. The van der Waals surface area contributed by atoms with Crippen LogP contribution in [0.2, 0.25) is 0 Å². The summed E-state index contributed by atoms with van der Waals surface area (Å²) in [6, 6.07) is 6.98. The lowest BCUT2D eigenvalue weighted by atomic mass is 9.95. The smallest absolute Gasteiger partial charge is 0.165 e. The lowest BCUT2D eigenvalue weighted by Gasteiger charge is -2.17. The van der Waals surface area contributed by atoms with E-state index in [1.165, 1.54) is 22.3 Å². The number of nitrogens with zero attached hydrogens (tertiary/aromatic N) is 3. The largest absolute Gasteiger partial charge is 0.367 e. The molecule has 0 saturated carbocycles. The molecule has 0 aliphatic heterocycles. The van der Waals surface area contributed by atoms with Crippen LogP contribution in [-0.2, 0) is 0 Å². The van der Waals surface area contributed by atoms with Crippen molar-refractivity contribution in [3.8, 4) is 11.1 Å². The van der Waals surface area contributed by atoms with Crippen molar-refractivity contribution in [1.29, 1.82) is 0 Å². The number of benzene rings is 1. The van der Waals surface area contributed by atoms with E-state index >= 15 is 0 Å². The van der Waals surface area contributed by atoms with Crippen LogP contribution in [0.1, 0.15) is 49.1 Å². The van der Waals surface area contributed by atoms with Gasteiger partial charge in [-0.15, -0.1) is 0 Å². The predicted molar refractivity (Wildman–Crippen MR) is 105 cm³/mol. The van der Waals surface area contributed by atoms with Gasteiger partial charge >= 0.3 is 0 Å². The second kappa shape index (κ2) is 6.87. The highest BCUT2D eigenvalue weighted by atomic mass is 15.3. The quantitative estimate of drug-likeness (QED) is 0.693. The summed E-state index contributed by atoms with van der Waals surface area (Å²) < 4.78 is 1.94. The van der Waals surface area contributed by atoms with Crippen LogP contribution < -0.4 is 5.32 Å². The Labute approximate surface area is 150 Å². The third-order valence-corrected chi connectivity index (χ3v) is 4.88. The van der Waals surface area contributed by atoms with Crippen LogP contribution in [0.4, 0.5) is 5.82 Å². The molecule has 3 aromatic rings. The van der Waals surface area contributed by atoms with Crippen LogP contribution in [0.5, 0.6) is 0 Å². The van der Waals surface area contributed by atoms with Crippen LogP contribution in [0, 0.1) is 27.7 Å². The Morgan fingerprint density at radius 2 is 1.64 bits per heavy atom. The van der Waals surface area contributed by atoms with Gasteiger partial charge in [0, 0.05) is 23.4 Å². The summed E-state index contributed by atoms with van der Waals surface area (Å²) in [6.45, 7) is 12.9. The number of hydrogen-bond acceptors (Lipinski definition) is 3. The lowest BCUT2D eigenvalue weighted by molar-refractivity contribution is 0.663. The third kappa shape index (κ3) is 3.26. The Bertz CT molecular complexity index is 881. The Balaban J connectivity index is 2.19. The minimum absolute atomic E-state index is 0.445. The Morgan fingerprint density at radius 3 is 2.24 bits per heavy atom. The molecular formula is C21H28N4. The summed E-state index contributed by atoms with van der Waals surface area (Å²) in [5.74, 6) is 1.02. The summed E-state index contributed by atoms with van der Waals surface area (Å²) in [6.07, 6.45) is 4.12. The molecule has 132 valence electrons. The van der Waals surface area contributed by atoms with Crippen molar-refractivity contribution in [3.63, 3.8) is 0 Å². The first kappa shape index (κ1) is 17.5. The van der Waals surface area contributed by atoms with E-state index in [4.69, 9.17) is 4.98 Å². The van der Waals surface area contributed by atoms with Gasteiger partial charge in [-0.05, 0) is 57.2 Å². The maximum absolute atomic E-state index is 4.80. The normalized spacial score (nSPS) is 11.5. The first-order chi connectivity index (χ1) is 11.9. The summed E-state index contributed by atoms with van der Waals surface area (Å²) >= 11 is 0. The molecule has 0 aliphatic carbocycles. The predicted octanol–water partition coefficient (Wildman–Crippen LogP) is 5.23. The van der Waals surface area contributed by atoms with Crippen molar-refractivity contribution in [2.45, 2.75) is 60.4 Å². The van der Waals surface area contributed by atoms with Crippen molar-refractivity contribution in [3.05, 3.63) is 46.8 Å². The maximum Gasteiger partial charge on any atom is 0.165 e. The molecule has 1 N–H and O–H groups in total. The molecule has 3 rings (SSSR count). The van der Waals surface area contributed by atoms with Crippen LogP contribution >= 0.6 is 0 Å². The van der Waals surface area contributed by atoms with Gasteiger partial charge in [0.25, 0.3) is 0 Å². The average Bonchev–Trinajstić information content (AvgIpc) is 2.95. The number of fused-ring (bicyclic) bond motifs is 1. The van der Waals surface area contributed by atoms with E-state index in [0.717, 1.165) is 35.6 Å².